The van der Waals surface area contributed by atoms with Gasteiger partial charge >= 0.3 is 0 Å². The van der Waals surface area contributed by atoms with Gasteiger partial charge in [-0.3, -0.25) is 14.1 Å². The minimum absolute atomic E-state index is 0.139. The first kappa shape index (κ1) is 15.7. The second kappa shape index (κ2) is 5.37. The Morgan fingerprint density at radius 2 is 1.76 bits per heavy atom. The predicted molar refractivity (Wildman–Crippen MR) is 92.3 cm³/mol. The Morgan fingerprint density at radius 3 is 2.52 bits per heavy atom. The van der Waals surface area contributed by atoms with Gasteiger partial charge in [-0.05, 0) is 28.8 Å². The number of fused-ring (bicyclic) bond motifs is 2. The highest BCUT2D eigenvalue weighted by molar-refractivity contribution is 7.85. The molecule has 1 aliphatic heterocycles. The number of hydrogen-bond donors (Lipinski definition) is 2. The zero-order valence-corrected chi connectivity index (χ0v) is 13.8. The molecule has 0 fully saturated rings. The molecule has 7 heteroatoms. The second-order valence-corrected chi connectivity index (χ2v) is 7.52. The third kappa shape index (κ3) is 2.67. The normalized spacial score (nSPS) is 18.9. The van der Waals surface area contributed by atoms with Gasteiger partial charge in [0.2, 0.25) is 0 Å². The van der Waals surface area contributed by atoms with E-state index in [-0.39, 0.29) is 23.7 Å². The van der Waals surface area contributed by atoms with E-state index in [1.54, 1.807) is 18.2 Å². The van der Waals surface area contributed by atoms with Crippen molar-refractivity contribution in [3.05, 3.63) is 64.7 Å². The summed E-state index contributed by atoms with van der Waals surface area (Å²) in [5.41, 5.74) is 3.54. The van der Waals surface area contributed by atoms with Crippen molar-refractivity contribution in [2.45, 2.75) is 12.2 Å². The summed E-state index contributed by atoms with van der Waals surface area (Å²) in [4.78, 5) is 25.0. The van der Waals surface area contributed by atoms with E-state index < -0.39 is 15.9 Å². The number of carbonyl (C=O) groups excluding carboxylic acids is 2. The fraction of sp³-hybridized carbons (Fsp3) is 0.111. The number of ketones is 1. The molecular weight excluding hydrogens is 342 g/mol. The molecule has 2 aliphatic rings. The van der Waals surface area contributed by atoms with Gasteiger partial charge < -0.3 is 5.32 Å². The molecule has 25 heavy (non-hydrogen) atoms. The summed E-state index contributed by atoms with van der Waals surface area (Å²) >= 11 is 0. The van der Waals surface area contributed by atoms with Gasteiger partial charge in [-0.1, -0.05) is 30.3 Å². The molecule has 2 aromatic rings. The van der Waals surface area contributed by atoms with Crippen molar-refractivity contribution in [3.63, 3.8) is 0 Å². The van der Waals surface area contributed by atoms with Crippen LogP contribution in [0.5, 0.6) is 0 Å². The summed E-state index contributed by atoms with van der Waals surface area (Å²) in [6, 6.07) is 11.9. The Morgan fingerprint density at radius 1 is 1.00 bits per heavy atom. The average Bonchev–Trinajstić information content (AvgIpc) is 3.01. The number of hydrogen-bond acceptors (Lipinski definition) is 4. The molecule has 0 unspecified atom stereocenters. The standard InChI is InChI=1S/C18H13NO5S/c20-15-8-11-3-1-2-4-12(11)16(15)17-13-7-10(9-25(22,23)24)5-6-14(13)19-18(17)21/h1-7H,8-9H2,(H,19,21)(H,22,23,24)/b17-16+. The lowest BCUT2D eigenvalue weighted by molar-refractivity contribution is -0.113. The molecule has 0 saturated heterocycles. The number of rotatable bonds is 2. The van der Waals surface area contributed by atoms with Crippen molar-refractivity contribution in [3.8, 4) is 0 Å². The van der Waals surface area contributed by atoms with E-state index in [1.807, 2.05) is 12.1 Å². The van der Waals surface area contributed by atoms with Gasteiger partial charge in [-0.25, -0.2) is 0 Å². The monoisotopic (exact) mass is 355 g/mol. The van der Waals surface area contributed by atoms with Gasteiger partial charge in [-0.2, -0.15) is 8.42 Å². The lowest BCUT2D eigenvalue weighted by Crippen LogP contribution is -2.08. The maximum absolute atomic E-state index is 12.5. The zero-order chi connectivity index (χ0) is 17.8. The lowest BCUT2D eigenvalue weighted by atomic mass is 9.95. The molecule has 6 nitrogen and oxygen atoms in total. The summed E-state index contributed by atoms with van der Waals surface area (Å²) in [6.07, 6.45) is 0.238. The number of allylic oxidation sites excluding steroid dienone is 1. The van der Waals surface area contributed by atoms with Gasteiger partial charge in [0.1, 0.15) is 5.75 Å². The molecule has 0 spiro atoms. The quantitative estimate of drug-likeness (QED) is 0.634. The SMILES string of the molecule is O=C1Cc2ccccc2/C1=C1\C(=O)Nc2ccc(CS(=O)(=O)O)cc21. The van der Waals surface area contributed by atoms with E-state index in [9.17, 15) is 18.0 Å². The van der Waals surface area contributed by atoms with Crippen LogP contribution in [0.25, 0.3) is 11.1 Å². The molecule has 0 atom stereocenters. The number of benzene rings is 2. The third-order valence-corrected chi connectivity index (χ3v) is 5.04. The molecule has 126 valence electrons. The summed E-state index contributed by atoms with van der Waals surface area (Å²) < 4.78 is 31.3. The van der Waals surface area contributed by atoms with Crippen molar-refractivity contribution in [1.29, 1.82) is 0 Å². The molecule has 0 aromatic heterocycles. The lowest BCUT2D eigenvalue weighted by Gasteiger charge is -2.06. The molecule has 4 rings (SSSR count). The van der Waals surface area contributed by atoms with E-state index in [2.05, 4.69) is 5.32 Å². The van der Waals surface area contributed by atoms with Crippen LogP contribution >= 0.6 is 0 Å². The van der Waals surface area contributed by atoms with Gasteiger partial charge in [-0.15, -0.1) is 0 Å². The minimum Gasteiger partial charge on any atom is -0.321 e. The van der Waals surface area contributed by atoms with Crippen molar-refractivity contribution in [1.82, 2.24) is 0 Å². The Hall–Kier alpha value is -2.77. The predicted octanol–water partition coefficient (Wildman–Crippen LogP) is 2.06. The molecule has 1 amide bonds. The van der Waals surface area contributed by atoms with Crippen LogP contribution in [0, 0.1) is 0 Å². The van der Waals surface area contributed by atoms with E-state index in [1.165, 1.54) is 12.1 Å². The van der Waals surface area contributed by atoms with Crippen LogP contribution in [-0.4, -0.2) is 24.7 Å². The van der Waals surface area contributed by atoms with Crippen LogP contribution in [0.2, 0.25) is 0 Å². The molecular formula is C18H13NO5S. The number of nitrogens with one attached hydrogen (secondary N) is 1. The largest absolute Gasteiger partial charge is 0.321 e. The Balaban J connectivity index is 1.93. The Kier molecular flexibility index (Phi) is 3.38. The van der Waals surface area contributed by atoms with Crippen LogP contribution in [0.4, 0.5) is 5.69 Å². The van der Waals surface area contributed by atoms with Gasteiger partial charge in [0.15, 0.2) is 5.78 Å². The van der Waals surface area contributed by atoms with Crippen LogP contribution < -0.4 is 5.32 Å². The summed E-state index contributed by atoms with van der Waals surface area (Å²) in [6.45, 7) is 0. The minimum atomic E-state index is -4.19. The first-order valence-corrected chi connectivity index (χ1v) is 9.20. The van der Waals surface area contributed by atoms with Crippen LogP contribution in [0.3, 0.4) is 0 Å². The topological polar surface area (TPSA) is 101 Å². The van der Waals surface area contributed by atoms with Crippen LogP contribution in [0.15, 0.2) is 42.5 Å². The molecule has 0 radical (unpaired) electrons. The van der Waals surface area contributed by atoms with E-state index in [0.717, 1.165) is 11.1 Å². The fourth-order valence-corrected chi connectivity index (χ4v) is 3.97. The van der Waals surface area contributed by atoms with Gasteiger partial charge in [0.25, 0.3) is 16.0 Å². The fourth-order valence-electron chi connectivity index (χ4n) is 3.37. The van der Waals surface area contributed by atoms with E-state index >= 15 is 0 Å². The summed E-state index contributed by atoms with van der Waals surface area (Å²) in [5.74, 6) is -1.08. The van der Waals surface area contributed by atoms with Crippen LogP contribution in [0.1, 0.15) is 22.3 Å². The Bertz CT molecular complexity index is 1080. The molecule has 1 aliphatic carbocycles. The maximum Gasteiger partial charge on any atom is 0.269 e. The number of anilines is 1. The Labute approximate surface area is 143 Å². The highest BCUT2D eigenvalue weighted by Gasteiger charge is 2.35. The molecule has 0 bridgehead atoms. The van der Waals surface area contributed by atoms with Crippen molar-refractivity contribution < 1.29 is 22.6 Å². The summed E-state index contributed by atoms with van der Waals surface area (Å²) in [7, 11) is -4.19. The molecule has 2 aromatic carbocycles. The number of amides is 1. The van der Waals surface area contributed by atoms with E-state index in [0.29, 0.717) is 22.4 Å². The van der Waals surface area contributed by atoms with Gasteiger partial charge in [0, 0.05) is 23.2 Å². The molecule has 0 saturated carbocycles. The summed E-state index contributed by atoms with van der Waals surface area (Å²) in [5, 5.41) is 2.70. The zero-order valence-electron chi connectivity index (χ0n) is 12.9. The van der Waals surface area contributed by atoms with Crippen molar-refractivity contribution in [2.75, 3.05) is 5.32 Å². The molecule has 1 heterocycles. The van der Waals surface area contributed by atoms with Gasteiger partial charge in [0.05, 0.1) is 5.57 Å². The number of carbonyl (C=O) groups is 2. The maximum atomic E-state index is 12.5. The van der Waals surface area contributed by atoms with E-state index in [4.69, 9.17) is 4.55 Å². The number of Topliss-reactive ketones (excluding diaryl/α,β-unsaturated/α-hetero) is 1. The highest BCUT2D eigenvalue weighted by atomic mass is 32.2. The average molecular weight is 355 g/mol. The first-order chi connectivity index (χ1) is 11.8. The van der Waals surface area contributed by atoms with Crippen LogP contribution in [-0.2, 0) is 31.9 Å². The third-order valence-electron chi connectivity index (χ3n) is 4.34. The first-order valence-electron chi connectivity index (χ1n) is 7.59. The van der Waals surface area contributed by atoms with Crippen molar-refractivity contribution >= 4 is 38.6 Å². The smallest absolute Gasteiger partial charge is 0.269 e. The highest BCUT2D eigenvalue weighted by Crippen LogP contribution is 2.41. The second-order valence-electron chi connectivity index (χ2n) is 6.07. The molecule has 2 N–H and O–H groups in total. The van der Waals surface area contributed by atoms with Crippen molar-refractivity contribution in [2.24, 2.45) is 0 Å².